The monoisotopic (exact) mass is 658 g/mol. The first-order valence-electron chi connectivity index (χ1n) is 17.6. The van der Waals surface area contributed by atoms with Crippen molar-refractivity contribution >= 4 is 17.8 Å². The lowest BCUT2D eigenvalue weighted by Crippen LogP contribution is -2.61. The van der Waals surface area contributed by atoms with Gasteiger partial charge in [-0.2, -0.15) is 5.10 Å². The Labute approximate surface area is 283 Å². The van der Waals surface area contributed by atoms with Crippen LogP contribution in [0.3, 0.4) is 0 Å². The van der Waals surface area contributed by atoms with Crippen LogP contribution in [0.4, 0.5) is 10.6 Å². The molecule has 48 heavy (non-hydrogen) atoms. The zero-order chi connectivity index (χ0) is 33.9. The van der Waals surface area contributed by atoms with E-state index in [0.29, 0.717) is 56.4 Å². The zero-order valence-electron chi connectivity index (χ0n) is 28.9. The van der Waals surface area contributed by atoms with Gasteiger partial charge in [0.1, 0.15) is 17.7 Å². The van der Waals surface area contributed by atoms with Crippen molar-refractivity contribution in [1.29, 1.82) is 0 Å². The summed E-state index contributed by atoms with van der Waals surface area (Å²) >= 11 is 0. The molecule has 2 saturated carbocycles. The maximum absolute atomic E-state index is 14.4. The second-order valence-corrected chi connectivity index (χ2v) is 14.2. The minimum atomic E-state index is -0.492. The molecular formula is C37H50N6O5. The summed E-state index contributed by atoms with van der Waals surface area (Å²) in [5.41, 5.74) is 4.01. The van der Waals surface area contributed by atoms with Crippen LogP contribution < -0.4 is 9.64 Å². The molecule has 1 aliphatic heterocycles. The van der Waals surface area contributed by atoms with Crippen molar-refractivity contribution < 1.29 is 24.2 Å². The summed E-state index contributed by atoms with van der Waals surface area (Å²) in [6.07, 6.45) is 11.3. The molecule has 0 bridgehead atoms. The van der Waals surface area contributed by atoms with Gasteiger partial charge in [-0.15, -0.1) is 0 Å². The average Bonchev–Trinajstić information content (AvgIpc) is 3.61. The van der Waals surface area contributed by atoms with Gasteiger partial charge in [0.2, 0.25) is 5.91 Å². The van der Waals surface area contributed by atoms with Crippen LogP contribution in [0, 0.1) is 18.8 Å². The fraction of sp³-hybridized carbons (Fsp3) is 0.595. The highest BCUT2D eigenvalue weighted by Gasteiger charge is 2.40. The number of amides is 2. The summed E-state index contributed by atoms with van der Waals surface area (Å²) in [7, 11) is 1.67. The average molecular weight is 659 g/mol. The van der Waals surface area contributed by atoms with Crippen LogP contribution in [-0.2, 0) is 9.53 Å². The lowest BCUT2D eigenvalue weighted by Gasteiger charge is -2.43. The number of aromatic nitrogens is 4. The van der Waals surface area contributed by atoms with Gasteiger partial charge in [-0.1, -0.05) is 0 Å². The Morgan fingerprint density at radius 2 is 1.79 bits per heavy atom. The van der Waals surface area contributed by atoms with Crippen molar-refractivity contribution in [3.05, 3.63) is 54.2 Å². The van der Waals surface area contributed by atoms with Crippen molar-refractivity contribution in [2.24, 2.45) is 11.8 Å². The number of ether oxygens (including phenoxy) is 2. The second kappa shape index (κ2) is 14.6. The Kier molecular flexibility index (Phi) is 10.3. The molecule has 0 spiro atoms. The molecule has 6 rings (SSSR count). The van der Waals surface area contributed by atoms with Gasteiger partial charge in [-0.25, -0.2) is 9.78 Å². The highest BCUT2D eigenvalue weighted by atomic mass is 16.6. The molecule has 3 aromatic rings. The first-order chi connectivity index (χ1) is 23.1. The highest BCUT2D eigenvalue weighted by Crippen LogP contribution is 2.38. The van der Waals surface area contributed by atoms with Gasteiger partial charge in [-0.05, 0) is 115 Å². The van der Waals surface area contributed by atoms with E-state index >= 15 is 0 Å². The number of methoxy groups -OCH3 is 1. The largest absolute Gasteiger partial charge is 0.495 e. The fourth-order valence-electron chi connectivity index (χ4n) is 7.41. The first-order valence-corrected chi connectivity index (χ1v) is 17.6. The number of aliphatic hydroxyl groups is 1. The summed E-state index contributed by atoms with van der Waals surface area (Å²) in [5.74, 6) is 2.16. The highest BCUT2D eigenvalue weighted by molar-refractivity contribution is 5.94. The SMILES string of the molecule is COc1ccc(C2CCC(CN(C(=O)C3CCC(OC(=O)N4C[C@H](O)[C@@H]4C)CC3)c3cc(-c4cnn(C(C)C)c4)ccn3)CC2)nc1C. The number of anilines is 1. The molecule has 4 heterocycles. The van der Waals surface area contributed by atoms with E-state index in [1.807, 2.05) is 54.0 Å². The minimum absolute atomic E-state index is 0.0939. The molecule has 0 unspecified atom stereocenters. The van der Waals surface area contributed by atoms with Crippen LogP contribution in [-0.4, -0.2) is 80.2 Å². The zero-order valence-corrected chi connectivity index (χ0v) is 28.9. The molecule has 258 valence electrons. The van der Waals surface area contributed by atoms with Gasteiger partial charge in [0, 0.05) is 48.1 Å². The summed E-state index contributed by atoms with van der Waals surface area (Å²) < 4.78 is 13.1. The maximum Gasteiger partial charge on any atom is 0.410 e. The van der Waals surface area contributed by atoms with E-state index in [2.05, 4.69) is 25.0 Å². The van der Waals surface area contributed by atoms with Gasteiger partial charge in [0.15, 0.2) is 0 Å². The molecule has 0 radical (unpaired) electrons. The molecular weight excluding hydrogens is 608 g/mol. The molecule has 2 atom stereocenters. The Morgan fingerprint density at radius 3 is 2.42 bits per heavy atom. The minimum Gasteiger partial charge on any atom is -0.495 e. The molecule has 2 aliphatic carbocycles. The predicted molar refractivity (Wildman–Crippen MR) is 183 cm³/mol. The number of hydrogen-bond donors (Lipinski definition) is 1. The first kappa shape index (κ1) is 33.9. The topological polar surface area (TPSA) is 123 Å². The number of carbonyl (C=O) groups is 2. The molecule has 1 saturated heterocycles. The molecule has 11 heteroatoms. The van der Waals surface area contributed by atoms with Crippen LogP contribution >= 0.6 is 0 Å². The van der Waals surface area contributed by atoms with E-state index in [1.165, 1.54) is 0 Å². The second-order valence-electron chi connectivity index (χ2n) is 14.2. The normalized spacial score (nSPS) is 25.8. The van der Waals surface area contributed by atoms with E-state index in [0.717, 1.165) is 53.9 Å². The molecule has 2 amide bonds. The molecule has 0 aromatic carbocycles. The number of likely N-dealkylation sites (tertiary alicyclic amines) is 1. The van der Waals surface area contributed by atoms with E-state index in [4.69, 9.17) is 19.4 Å². The van der Waals surface area contributed by atoms with Crippen LogP contribution in [0.1, 0.15) is 95.5 Å². The number of aryl methyl sites for hydroxylation is 1. The van der Waals surface area contributed by atoms with Crippen molar-refractivity contribution in [1.82, 2.24) is 24.6 Å². The molecule has 3 fully saturated rings. The third kappa shape index (κ3) is 7.36. The number of aliphatic hydroxyl groups excluding tert-OH is 1. The molecule has 3 aliphatic rings. The van der Waals surface area contributed by atoms with E-state index in [-0.39, 0.29) is 36.1 Å². The van der Waals surface area contributed by atoms with Crippen LogP contribution in [0.25, 0.3) is 11.1 Å². The lowest BCUT2D eigenvalue weighted by atomic mass is 9.79. The smallest absolute Gasteiger partial charge is 0.410 e. The van der Waals surface area contributed by atoms with E-state index in [9.17, 15) is 14.7 Å². The van der Waals surface area contributed by atoms with Crippen LogP contribution in [0.5, 0.6) is 5.75 Å². The van der Waals surface area contributed by atoms with Gasteiger partial charge in [0.25, 0.3) is 0 Å². The molecule has 3 aromatic heterocycles. The molecule has 11 nitrogen and oxygen atoms in total. The van der Waals surface area contributed by atoms with Crippen LogP contribution in [0.15, 0.2) is 42.9 Å². The Balaban J connectivity index is 1.15. The maximum atomic E-state index is 14.4. The van der Waals surface area contributed by atoms with E-state index in [1.54, 1.807) is 18.2 Å². The number of hydrogen-bond acceptors (Lipinski definition) is 8. The van der Waals surface area contributed by atoms with Crippen molar-refractivity contribution in [3.8, 4) is 16.9 Å². The Hall–Kier alpha value is -3.99. The molecule has 1 N–H and O–H groups in total. The number of carbonyl (C=O) groups excluding carboxylic acids is 2. The number of β-amino-alcohol motifs (C(OH)–C–C–N with tert-alkyl or cyclic N) is 1. The Morgan fingerprint density at radius 1 is 1.04 bits per heavy atom. The number of pyridine rings is 2. The summed E-state index contributed by atoms with van der Waals surface area (Å²) in [6.45, 7) is 8.94. The van der Waals surface area contributed by atoms with Crippen molar-refractivity contribution in [2.75, 3.05) is 25.1 Å². The van der Waals surface area contributed by atoms with E-state index < -0.39 is 6.10 Å². The van der Waals surface area contributed by atoms with Gasteiger partial charge in [0.05, 0.1) is 37.7 Å². The number of rotatable bonds is 9. The summed E-state index contributed by atoms with van der Waals surface area (Å²) in [4.78, 5) is 40.1. The number of nitrogens with zero attached hydrogens (tertiary/aromatic N) is 6. The summed E-state index contributed by atoms with van der Waals surface area (Å²) in [5, 5.41) is 14.3. The van der Waals surface area contributed by atoms with Gasteiger partial charge < -0.3 is 19.5 Å². The van der Waals surface area contributed by atoms with Gasteiger partial charge >= 0.3 is 6.09 Å². The van der Waals surface area contributed by atoms with Crippen molar-refractivity contribution in [2.45, 2.75) is 109 Å². The summed E-state index contributed by atoms with van der Waals surface area (Å²) in [6, 6.07) is 8.12. The lowest BCUT2D eigenvalue weighted by molar-refractivity contribution is -0.124. The quantitative estimate of drug-likeness (QED) is 0.284. The Bertz CT molecular complexity index is 1580. The predicted octanol–water partition coefficient (Wildman–Crippen LogP) is 6.31. The third-order valence-corrected chi connectivity index (χ3v) is 10.7. The van der Waals surface area contributed by atoms with Crippen molar-refractivity contribution in [3.63, 3.8) is 0 Å². The third-order valence-electron chi connectivity index (χ3n) is 10.7. The standard InChI is InChI=1S/C37H50N6O5/c1-23(2)43-21-30(19-39-43)29-16-17-38-35(18-29)42(20-26-6-8-27(9-7-26)32-14-15-34(47-5)24(3)40-32)36(45)28-10-12-31(13-11-28)48-37(46)41-22-33(44)25(41)4/h14-19,21,23,25-28,31,33,44H,6-13,20,22H2,1-5H3/t25-,26?,27?,28?,31?,33-/m0/s1. The van der Waals surface area contributed by atoms with Gasteiger partial charge in [-0.3, -0.25) is 19.4 Å². The van der Waals surface area contributed by atoms with Crippen LogP contribution in [0.2, 0.25) is 0 Å². The fourth-order valence-corrected chi connectivity index (χ4v) is 7.41.